The van der Waals surface area contributed by atoms with Crippen LogP contribution in [0.2, 0.25) is 0 Å². The Morgan fingerprint density at radius 2 is 1.48 bits per heavy atom. The van der Waals surface area contributed by atoms with Crippen molar-refractivity contribution in [2.24, 2.45) is 0 Å². The quantitative estimate of drug-likeness (QED) is 0.504. The molecule has 0 radical (unpaired) electrons. The molecule has 1 aliphatic heterocycles. The van der Waals surface area contributed by atoms with Crippen LogP contribution >= 0.6 is 0 Å². The highest BCUT2D eigenvalue weighted by molar-refractivity contribution is 6.21. The Hall–Kier alpha value is -2.66. The molecule has 5 heteroatoms. The smallest absolute Gasteiger partial charge is 0.261 e. The van der Waals surface area contributed by atoms with Crippen LogP contribution in [0.25, 0.3) is 0 Å². The molecule has 142 valence electrons. The van der Waals surface area contributed by atoms with E-state index in [1.165, 1.54) is 4.90 Å². The molecular weight excluding hydrogens is 340 g/mol. The molecule has 3 rings (SSSR count). The summed E-state index contributed by atoms with van der Waals surface area (Å²) in [6.45, 7) is 4.91. The predicted molar refractivity (Wildman–Crippen MR) is 105 cm³/mol. The highest BCUT2D eigenvalue weighted by Gasteiger charge is 2.34. The first-order valence-electron chi connectivity index (χ1n) is 9.40. The zero-order valence-electron chi connectivity index (χ0n) is 16.0. The maximum absolute atomic E-state index is 12.3. The molecule has 0 aromatic heterocycles. The number of aryl methyl sites for hydroxylation is 1. The molecule has 0 aliphatic carbocycles. The lowest BCUT2D eigenvalue weighted by atomic mass is 10.1. The Bertz CT molecular complexity index is 784. The van der Waals surface area contributed by atoms with Crippen molar-refractivity contribution in [2.75, 3.05) is 33.3 Å². The van der Waals surface area contributed by atoms with E-state index in [1.54, 1.807) is 24.3 Å². The van der Waals surface area contributed by atoms with Crippen molar-refractivity contribution in [3.8, 4) is 5.75 Å². The van der Waals surface area contributed by atoms with Crippen molar-refractivity contribution in [1.82, 2.24) is 9.80 Å². The van der Waals surface area contributed by atoms with E-state index >= 15 is 0 Å². The normalized spacial score (nSPS) is 13.4. The molecule has 2 aromatic rings. The van der Waals surface area contributed by atoms with E-state index in [1.807, 2.05) is 31.2 Å². The van der Waals surface area contributed by atoms with Gasteiger partial charge in [0.1, 0.15) is 5.75 Å². The average Bonchev–Trinajstić information content (AvgIpc) is 2.92. The number of hydrogen-bond acceptors (Lipinski definition) is 4. The van der Waals surface area contributed by atoms with Gasteiger partial charge in [0, 0.05) is 13.1 Å². The van der Waals surface area contributed by atoms with Gasteiger partial charge >= 0.3 is 0 Å². The minimum Gasteiger partial charge on any atom is -0.493 e. The average molecular weight is 366 g/mol. The van der Waals surface area contributed by atoms with Crippen molar-refractivity contribution in [1.29, 1.82) is 0 Å². The van der Waals surface area contributed by atoms with E-state index in [-0.39, 0.29) is 11.8 Å². The summed E-state index contributed by atoms with van der Waals surface area (Å²) >= 11 is 0. The summed E-state index contributed by atoms with van der Waals surface area (Å²) in [6, 6.07) is 15.0. The van der Waals surface area contributed by atoms with E-state index in [4.69, 9.17) is 4.74 Å². The molecule has 0 unspecified atom stereocenters. The number of nitrogens with zero attached hydrogens (tertiary/aromatic N) is 2. The van der Waals surface area contributed by atoms with Crippen molar-refractivity contribution >= 4 is 11.8 Å². The summed E-state index contributed by atoms with van der Waals surface area (Å²) in [5, 5.41) is 0. The Labute approximate surface area is 160 Å². The summed E-state index contributed by atoms with van der Waals surface area (Å²) < 4.78 is 5.81. The van der Waals surface area contributed by atoms with E-state index < -0.39 is 0 Å². The number of carbonyl (C=O) groups excluding carboxylic acids is 2. The van der Waals surface area contributed by atoms with Gasteiger partial charge in [-0.25, -0.2) is 0 Å². The molecule has 5 nitrogen and oxygen atoms in total. The van der Waals surface area contributed by atoms with Crippen molar-refractivity contribution in [3.63, 3.8) is 0 Å². The zero-order chi connectivity index (χ0) is 19.2. The lowest BCUT2D eigenvalue weighted by Gasteiger charge is -2.19. The monoisotopic (exact) mass is 366 g/mol. The van der Waals surface area contributed by atoms with Gasteiger partial charge in [0.2, 0.25) is 0 Å². The van der Waals surface area contributed by atoms with Gasteiger partial charge in [-0.3, -0.25) is 14.5 Å². The Morgan fingerprint density at radius 1 is 0.889 bits per heavy atom. The first kappa shape index (κ1) is 19.1. The number of benzene rings is 2. The minimum atomic E-state index is -0.176. The third-order valence-electron chi connectivity index (χ3n) is 4.84. The van der Waals surface area contributed by atoms with Gasteiger partial charge in [-0.15, -0.1) is 0 Å². The number of fused-ring (bicyclic) bond motifs is 1. The Balaban J connectivity index is 1.35. The van der Waals surface area contributed by atoms with Gasteiger partial charge in [-0.2, -0.15) is 0 Å². The maximum atomic E-state index is 12.3. The molecule has 0 atom stereocenters. The summed E-state index contributed by atoms with van der Waals surface area (Å²) in [7, 11) is 2.05. The highest BCUT2D eigenvalue weighted by atomic mass is 16.5. The van der Waals surface area contributed by atoms with Crippen LogP contribution in [0, 0.1) is 6.92 Å². The SMILES string of the molecule is Cc1ccccc1OCCCN(C)CCCN1C(=O)c2ccccc2C1=O. The topological polar surface area (TPSA) is 49.9 Å². The van der Waals surface area contributed by atoms with Crippen LogP contribution in [0.15, 0.2) is 48.5 Å². The molecule has 0 spiro atoms. The number of carbonyl (C=O) groups is 2. The van der Waals surface area contributed by atoms with Gasteiger partial charge in [0.25, 0.3) is 11.8 Å². The van der Waals surface area contributed by atoms with E-state index in [0.29, 0.717) is 24.3 Å². The molecule has 0 saturated heterocycles. The number of rotatable bonds is 9. The van der Waals surface area contributed by atoms with Crippen LogP contribution in [-0.4, -0.2) is 54.9 Å². The largest absolute Gasteiger partial charge is 0.493 e. The molecule has 0 bridgehead atoms. The number of amides is 2. The van der Waals surface area contributed by atoms with Crippen LogP contribution in [0.3, 0.4) is 0 Å². The lowest BCUT2D eigenvalue weighted by Crippen LogP contribution is -2.33. The fourth-order valence-corrected chi connectivity index (χ4v) is 3.29. The second-order valence-electron chi connectivity index (χ2n) is 6.93. The van der Waals surface area contributed by atoms with Gasteiger partial charge in [-0.1, -0.05) is 30.3 Å². The number of imide groups is 1. The number of hydrogen-bond donors (Lipinski definition) is 0. The predicted octanol–water partition coefficient (Wildman–Crippen LogP) is 3.38. The highest BCUT2D eigenvalue weighted by Crippen LogP contribution is 2.22. The van der Waals surface area contributed by atoms with Crippen LogP contribution in [0.1, 0.15) is 39.1 Å². The molecule has 0 fully saturated rings. The second kappa shape index (κ2) is 8.82. The molecule has 0 N–H and O–H groups in total. The molecule has 27 heavy (non-hydrogen) atoms. The van der Waals surface area contributed by atoms with Crippen LogP contribution < -0.4 is 4.74 Å². The molecule has 1 aliphatic rings. The fourth-order valence-electron chi connectivity index (χ4n) is 3.29. The second-order valence-corrected chi connectivity index (χ2v) is 6.93. The number of para-hydroxylation sites is 1. The third kappa shape index (κ3) is 4.55. The lowest BCUT2D eigenvalue weighted by molar-refractivity contribution is 0.0648. The van der Waals surface area contributed by atoms with Gasteiger partial charge in [0.05, 0.1) is 17.7 Å². The Morgan fingerprint density at radius 3 is 2.15 bits per heavy atom. The third-order valence-corrected chi connectivity index (χ3v) is 4.84. The summed E-state index contributed by atoms with van der Waals surface area (Å²) in [5.74, 6) is 0.584. The summed E-state index contributed by atoms with van der Waals surface area (Å²) in [5.41, 5.74) is 2.18. The fraction of sp³-hybridized carbons (Fsp3) is 0.364. The first-order chi connectivity index (χ1) is 13.1. The molecule has 1 heterocycles. The zero-order valence-corrected chi connectivity index (χ0v) is 16.0. The van der Waals surface area contributed by atoms with Crippen LogP contribution in [-0.2, 0) is 0 Å². The van der Waals surface area contributed by atoms with Crippen molar-refractivity contribution in [3.05, 3.63) is 65.2 Å². The van der Waals surface area contributed by atoms with Gasteiger partial charge in [0.15, 0.2) is 0 Å². The van der Waals surface area contributed by atoms with E-state index in [0.717, 1.165) is 37.2 Å². The minimum absolute atomic E-state index is 0.176. The molecular formula is C22H26N2O3. The Kier molecular flexibility index (Phi) is 6.24. The molecule has 2 aromatic carbocycles. The maximum Gasteiger partial charge on any atom is 0.261 e. The van der Waals surface area contributed by atoms with Crippen molar-refractivity contribution in [2.45, 2.75) is 19.8 Å². The number of ether oxygens (including phenoxy) is 1. The van der Waals surface area contributed by atoms with Crippen LogP contribution in [0.5, 0.6) is 5.75 Å². The summed E-state index contributed by atoms with van der Waals surface area (Å²) in [4.78, 5) is 28.2. The first-order valence-corrected chi connectivity index (χ1v) is 9.40. The standard InChI is InChI=1S/C22H26N2O3/c1-17-9-3-6-12-20(17)27-16-8-14-23(2)13-7-15-24-21(25)18-10-4-5-11-19(18)22(24)26/h3-6,9-12H,7-8,13-16H2,1-2H3. The van der Waals surface area contributed by atoms with Gasteiger partial charge < -0.3 is 9.64 Å². The van der Waals surface area contributed by atoms with Gasteiger partial charge in [-0.05, 0) is 57.1 Å². The van der Waals surface area contributed by atoms with Crippen molar-refractivity contribution < 1.29 is 14.3 Å². The summed E-state index contributed by atoms with van der Waals surface area (Å²) in [6.07, 6.45) is 1.69. The van der Waals surface area contributed by atoms with E-state index in [9.17, 15) is 9.59 Å². The van der Waals surface area contributed by atoms with Crippen LogP contribution in [0.4, 0.5) is 0 Å². The molecule has 2 amide bonds. The molecule has 0 saturated carbocycles. The van der Waals surface area contributed by atoms with E-state index in [2.05, 4.69) is 11.9 Å².